The van der Waals surface area contributed by atoms with E-state index >= 15 is 0 Å². The fraction of sp³-hybridized carbons (Fsp3) is 0.0333. The van der Waals surface area contributed by atoms with Crippen LogP contribution in [0.1, 0.15) is 5.56 Å². The van der Waals surface area contributed by atoms with Crippen LogP contribution < -0.4 is 0 Å². The Bertz CT molecular complexity index is 1530. The maximum atomic E-state index is 5.09. The quantitative estimate of drug-likeness (QED) is 0.293. The van der Waals surface area contributed by atoms with Crippen LogP contribution in [-0.2, 0) is 6.54 Å². The number of fused-ring (bicyclic) bond motifs is 2. The maximum Gasteiger partial charge on any atom is 0.0737 e. The summed E-state index contributed by atoms with van der Waals surface area (Å²) in [6.45, 7) is 0.805. The third-order valence-electron chi connectivity index (χ3n) is 6.06. The van der Waals surface area contributed by atoms with Gasteiger partial charge in [0.15, 0.2) is 0 Å². The van der Waals surface area contributed by atoms with Crippen LogP contribution in [0.5, 0.6) is 0 Å². The van der Waals surface area contributed by atoms with Crippen molar-refractivity contribution < 1.29 is 0 Å². The third kappa shape index (κ3) is 3.17. The third-order valence-corrected chi connectivity index (χ3v) is 6.06. The lowest BCUT2D eigenvalue weighted by Gasteiger charge is -2.13. The first-order chi connectivity index (χ1) is 15.9. The molecular formula is C30H22N2. The Labute approximate surface area is 187 Å². The Morgan fingerprint density at radius 3 is 2.12 bits per heavy atom. The summed E-state index contributed by atoms with van der Waals surface area (Å²) in [4.78, 5) is 5.09. The van der Waals surface area contributed by atoms with Gasteiger partial charge in [0.1, 0.15) is 0 Å². The normalized spacial score (nSPS) is 11.2. The van der Waals surface area contributed by atoms with E-state index in [2.05, 4.69) is 126 Å². The van der Waals surface area contributed by atoms with Crippen molar-refractivity contribution in [2.24, 2.45) is 0 Å². The number of benzene rings is 4. The molecule has 0 aliphatic heterocycles. The van der Waals surface area contributed by atoms with Crippen LogP contribution in [-0.4, -0.2) is 9.55 Å². The molecule has 6 aromatic rings. The van der Waals surface area contributed by atoms with Gasteiger partial charge in [-0.1, -0.05) is 103 Å². The Kier molecular flexibility index (Phi) is 4.54. The summed E-state index contributed by atoms with van der Waals surface area (Å²) in [5.41, 5.74) is 8.12. The van der Waals surface area contributed by atoms with Crippen LogP contribution in [0.25, 0.3) is 44.3 Å². The first-order valence-electron chi connectivity index (χ1n) is 11.0. The van der Waals surface area contributed by atoms with Crippen molar-refractivity contribution in [2.45, 2.75) is 6.54 Å². The lowest BCUT2D eigenvalue weighted by Crippen LogP contribution is -2.02. The van der Waals surface area contributed by atoms with Gasteiger partial charge < -0.3 is 4.57 Å². The molecule has 0 N–H and O–H groups in total. The van der Waals surface area contributed by atoms with Crippen molar-refractivity contribution in [1.29, 1.82) is 0 Å². The van der Waals surface area contributed by atoms with Crippen molar-refractivity contribution in [2.75, 3.05) is 0 Å². The van der Waals surface area contributed by atoms with Crippen LogP contribution >= 0.6 is 0 Å². The van der Waals surface area contributed by atoms with Gasteiger partial charge in [-0.05, 0) is 29.3 Å². The SMILES string of the molecule is c1ccc(Cn2c(-c3ccccc3)c(-c3ccc4ccccc4n3)c3ccccc32)cc1. The van der Waals surface area contributed by atoms with Crippen molar-refractivity contribution >= 4 is 21.8 Å². The van der Waals surface area contributed by atoms with Crippen LogP contribution in [0.2, 0.25) is 0 Å². The highest BCUT2D eigenvalue weighted by Crippen LogP contribution is 2.41. The maximum absolute atomic E-state index is 5.09. The summed E-state index contributed by atoms with van der Waals surface area (Å²) < 4.78 is 2.44. The summed E-state index contributed by atoms with van der Waals surface area (Å²) in [5, 5.41) is 2.38. The van der Waals surface area contributed by atoms with Crippen LogP contribution in [0.15, 0.2) is 121 Å². The molecule has 0 bridgehead atoms. The van der Waals surface area contributed by atoms with Crippen molar-refractivity contribution in [3.05, 3.63) is 127 Å². The predicted octanol–water partition coefficient (Wildman–Crippen LogP) is 7.57. The number of para-hydroxylation sites is 2. The van der Waals surface area contributed by atoms with E-state index in [0.717, 1.165) is 23.1 Å². The number of aromatic nitrogens is 2. The van der Waals surface area contributed by atoms with E-state index in [4.69, 9.17) is 4.98 Å². The fourth-order valence-corrected chi connectivity index (χ4v) is 4.59. The van der Waals surface area contributed by atoms with Gasteiger partial charge in [-0.2, -0.15) is 0 Å². The largest absolute Gasteiger partial charge is 0.335 e. The predicted molar refractivity (Wildman–Crippen MR) is 134 cm³/mol. The van der Waals surface area contributed by atoms with Gasteiger partial charge in [-0.15, -0.1) is 0 Å². The second-order valence-electron chi connectivity index (χ2n) is 8.07. The Balaban J connectivity index is 1.68. The minimum absolute atomic E-state index is 0.805. The van der Waals surface area contributed by atoms with Gasteiger partial charge in [-0.25, -0.2) is 4.98 Å². The molecule has 0 atom stereocenters. The molecule has 2 nitrogen and oxygen atoms in total. The van der Waals surface area contributed by atoms with Crippen molar-refractivity contribution in [3.63, 3.8) is 0 Å². The van der Waals surface area contributed by atoms with Gasteiger partial charge >= 0.3 is 0 Å². The van der Waals surface area contributed by atoms with E-state index in [-0.39, 0.29) is 0 Å². The van der Waals surface area contributed by atoms with E-state index in [1.165, 1.54) is 33.3 Å². The molecule has 0 aliphatic carbocycles. The van der Waals surface area contributed by atoms with Gasteiger partial charge in [0, 0.05) is 28.4 Å². The molecule has 2 heterocycles. The van der Waals surface area contributed by atoms with Gasteiger partial charge in [-0.3, -0.25) is 0 Å². The molecule has 0 saturated heterocycles. The molecule has 0 unspecified atom stereocenters. The summed E-state index contributed by atoms with van der Waals surface area (Å²) in [7, 11) is 0. The van der Waals surface area contributed by atoms with Crippen molar-refractivity contribution in [1.82, 2.24) is 9.55 Å². The van der Waals surface area contributed by atoms with E-state index in [1.807, 2.05) is 0 Å². The highest BCUT2D eigenvalue weighted by atomic mass is 15.0. The Morgan fingerprint density at radius 1 is 0.594 bits per heavy atom. The molecule has 6 rings (SSSR count). The summed E-state index contributed by atoms with van der Waals surface area (Å²) in [6, 6.07) is 42.7. The number of hydrogen-bond donors (Lipinski definition) is 0. The second kappa shape index (κ2) is 7.82. The second-order valence-corrected chi connectivity index (χ2v) is 8.07. The Morgan fingerprint density at radius 2 is 1.28 bits per heavy atom. The lowest BCUT2D eigenvalue weighted by atomic mass is 10.0. The molecule has 2 heteroatoms. The van der Waals surface area contributed by atoms with Crippen molar-refractivity contribution in [3.8, 4) is 22.5 Å². The lowest BCUT2D eigenvalue weighted by molar-refractivity contribution is 0.845. The summed E-state index contributed by atoms with van der Waals surface area (Å²) in [6.07, 6.45) is 0. The zero-order valence-electron chi connectivity index (χ0n) is 17.6. The van der Waals surface area contributed by atoms with E-state index in [0.29, 0.717) is 0 Å². The topological polar surface area (TPSA) is 17.8 Å². The average molecular weight is 411 g/mol. The molecule has 0 amide bonds. The van der Waals surface area contributed by atoms with E-state index in [9.17, 15) is 0 Å². The highest BCUT2D eigenvalue weighted by Gasteiger charge is 2.21. The summed E-state index contributed by atoms with van der Waals surface area (Å²) in [5.74, 6) is 0. The van der Waals surface area contributed by atoms with E-state index in [1.54, 1.807) is 0 Å². The minimum atomic E-state index is 0.805. The van der Waals surface area contributed by atoms with E-state index < -0.39 is 0 Å². The monoisotopic (exact) mass is 410 g/mol. The number of hydrogen-bond acceptors (Lipinski definition) is 1. The zero-order chi connectivity index (χ0) is 21.3. The molecule has 0 fully saturated rings. The summed E-state index contributed by atoms with van der Waals surface area (Å²) >= 11 is 0. The smallest absolute Gasteiger partial charge is 0.0737 e. The number of rotatable bonds is 4. The van der Waals surface area contributed by atoms with Crippen LogP contribution in [0, 0.1) is 0 Å². The van der Waals surface area contributed by atoms with Gasteiger partial charge in [0.25, 0.3) is 0 Å². The molecule has 4 aromatic carbocycles. The molecule has 0 spiro atoms. The average Bonchev–Trinajstić information content (AvgIpc) is 3.19. The Hall–Kier alpha value is -4.17. The standard InChI is InChI=1S/C30H22N2/c1-3-11-22(12-4-1)21-32-28-18-10-8-16-25(28)29(30(32)24-14-5-2-6-15-24)27-20-19-23-13-7-9-17-26(23)31-27/h1-20H,21H2. The molecule has 0 aliphatic rings. The molecule has 0 radical (unpaired) electrons. The zero-order valence-corrected chi connectivity index (χ0v) is 17.6. The molecule has 152 valence electrons. The molecule has 32 heavy (non-hydrogen) atoms. The van der Waals surface area contributed by atoms with Gasteiger partial charge in [0.2, 0.25) is 0 Å². The minimum Gasteiger partial charge on any atom is -0.335 e. The first kappa shape index (κ1) is 18.6. The van der Waals surface area contributed by atoms with Gasteiger partial charge in [0.05, 0.1) is 16.9 Å². The molecule has 2 aromatic heterocycles. The molecular weight excluding hydrogens is 388 g/mol. The van der Waals surface area contributed by atoms with Crippen LogP contribution in [0.4, 0.5) is 0 Å². The molecule has 0 saturated carbocycles. The fourth-order valence-electron chi connectivity index (χ4n) is 4.59. The highest BCUT2D eigenvalue weighted by molar-refractivity contribution is 6.04. The number of pyridine rings is 1. The first-order valence-corrected chi connectivity index (χ1v) is 11.0. The number of nitrogens with zero attached hydrogens (tertiary/aromatic N) is 2. The van der Waals surface area contributed by atoms with Crippen LogP contribution in [0.3, 0.4) is 0 Å².